The molecule has 0 aliphatic carbocycles. The molecule has 0 spiro atoms. The van der Waals surface area contributed by atoms with Crippen molar-refractivity contribution in [3.8, 4) is 5.75 Å². The number of aryl methyl sites for hydroxylation is 2. The monoisotopic (exact) mass is 310 g/mol. The highest BCUT2D eigenvalue weighted by molar-refractivity contribution is 5.99. The van der Waals surface area contributed by atoms with Gasteiger partial charge < -0.3 is 4.74 Å². The van der Waals surface area contributed by atoms with Crippen LogP contribution in [0.2, 0.25) is 0 Å². The van der Waals surface area contributed by atoms with Crippen molar-refractivity contribution < 1.29 is 14.3 Å². The topological polar surface area (TPSA) is 43.4 Å². The van der Waals surface area contributed by atoms with E-state index < -0.39 is 0 Å². The second-order valence-corrected chi connectivity index (χ2v) is 5.49. The van der Waals surface area contributed by atoms with Crippen LogP contribution in [0.25, 0.3) is 0 Å². The molecule has 0 bridgehead atoms. The molecule has 0 aliphatic heterocycles. The molecular weight excluding hydrogens is 288 g/mol. The number of carbonyl (C=O) groups excluding carboxylic acids is 2. The molecule has 120 valence electrons. The summed E-state index contributed by atoms with van der Waals surface area (Å²) >= 11 is 0. The number of benzene rings is 2. The number of ketones is 2. The van der Waals surface area contributed by atoms with Gasteiger partial charge in [0.2, 0.25) is 0 Å². The van der Waals surface area contributed by atoms with Crippen LogP contribution in [0.4, 0.5) is 0 Å². The van der Waals surface area contributed by atoms with Gasteiger partial charge in [-0.1, -0.05) is 26.0 Å². The van der Waals surface area contributed by atoms with E-state index in [0.29, 0.717) is 11.3 Å². The van der Waals surface area contributed by atoms with Crippen LogP contribution in [0.5, 0.6) is 5.75 Å². The summed E-state index contributed by atoms with van der Waals surface area (Å²) in [6, 6.07) is 12.9. The summed E-state index contributed by atoms with van der Waals surface area (Å²) in [5, 5.41) is 0. The smallest absolute Gasteiger partial charge is 0.200 e. The molecule has 0 heterocycles. The number of hydrogen-bond acceptors (Lipinski definition) is 3. The third-order valence-electron chi connectivity index (χ3n) is 3.89. The zero-order valence-electron chi connectivity index (χ0n) is 13.9. The molecule has 2 aromatic carbocycles. The lowest BCUT2D eigenvalue weighted by atomic mass is 9.98. The molecule has 0 saturated heterocycles. The zero-order valence-corrected chi connectivity index (χ0v) is 13.9. The molecule has 2 rings (SSSR count). The highest BCUT2D eigenvalue weighted by Crippen LogP contribution is 2.17. The third kappa shape index (κ3) is 4.28. The zero-order chi connectivity index (χ0) is 16.8. The van der Waals surface area contributed by atoms with Gasteiger partial charge in [-0.25, -0.2) is 0 Å². The van der Waals surface area contributed by atoms with E-state index in [-0.39, 0.29) is 18.2 Å². The first-order chi connectivity index (χ1) is 11.0. The molecule has 0 aromatic heterocycles. The number of carbonyl (C=O) groups is 2. The molecule has 0 radical (unpaired) electrons. The summed E-state index contributed by atoms with van der Waals surface area (Å²) in [6.45, 7) is 5.63. The minimum Gasteiger partial charge on any atom is -0.485 e. The largest absolute Gasteiger partial charge is 0.485 e. The summed E-state index contributed by atoms with van der Waals surface area (Å²) in [4.78, 5) is 23.7. The maximum absolute atomic E-state index is 12.5. The molecule has 0 amide bonds. The summed E-state index contributed by atoms with van der Waals surface area (Å²) in [5.74, 6) is 0.581. The molecule has 0 atom stereocenters. The normalized spacial score (nSPS) is 10.4. The maximum atomic E-state index is 12.5. The van der Waals surface area contributed by atoms with Gasteiger partial charge >= 0.3 is 0 Å². The van der Waals surface area contributed by atoms with Crippen molar-refractivity contribution in [3.63, 3.8) is 0 Å². The Hall–Kier alpha value is -2.42. The Bertz CT molecular complexity index is 699. The predicted octanol–water partition coefficient (Wildman–Crippen LogP) is 4.28. The van der Waals surface area contributed by atoms with Crippen molar-refractivity contribution in [2.24, 2.45) is 0 Å². The lowest BCUT2D eigenvalue weighted by Gasteiger charge is -2.10. The van der Waals surface area contributed by atoms with Gasteiger partial charge in [-0.3, -0.25) is 9.59 Å². The Kier molecular flexibility index (Phi) is 5.69. The molecule has 23 heavy (non-hydrogen) atoms. The van der Waals surface area contributed by atoms with Gasteiger partial charge in [0.1, 0.15) is 5.75 Å². The van der Waals surface area contributed by atoms with E-state index in [1.54, 1.807) is 24.3 Å². The van der Waals surface area contributed by atoms with E-state index in [2.05, 4.69) is 13.0 Å². The molecular formula is C20H22O3. The Labute approximate surface area is 137 Å². The van der Waals surface area contributed by atoms with Gasteiger partial charge in [0.05, 0.1) is 0 Å². The van der Waals surface area contributed by atoms with Crippen LogP contribution in [0, 0.1) is 0 Å². The van der Waals surface area contributed by atoms with Crippen molar-refractivity contribution >= 4 is 11.6 Å². The predicted molar refractivity (Wildman–Crippen MR) is 91.5 cm³/mol. The van der Waals surface area contributed by atoms with Crippen molar-refractivity contribution in [2.75, 3.05) is 6.61 Å². The van der Waals surface area contributed by atoms with Crippen molar-refractivity contribution in [1.29, 1.82) is 0 Å². The summed E-state index contributed by atoms with van der Waals surface area (Å²) in [5.41, 5.74) is 3.57. The number of ether oxygens (including phenoxy) is 1. The van der Waals surface area contributed by atoms with E-state index >= 15 is 0 Å². The number of Topliss-reactive ketones (excluding diaryl/α,β-unsaturated/α-hetero) is 2. The SMILES string of the molecule is CCc1ccc(CC)c(C(=O)COc2ccc(C(C)=O)cc2)c1. The van der Waals surface area contributed by atoms with E-state index in [1.807, 2.05) is 19.1 Å². The van der Waals surface area contributed by atoms with Crippen LogP contribution in [-0.4, -0.2) is 18.2 Å². The molecule has 0 unspecified atom stereocenters. The molecule has 0 N–H and O–H groups in total. The van der Waals surface area contributed by atoms with Crippen molar-refractivity contribution in [3.05, 3.63) is 64.7 Å². The van der Waals surface area contributed by atoms with E-state index in [1.165, 1.54) is 6.92 Å². The minimum atomic E-state index is -0.0206. The Morgan fingerprint density at radius 2 is 1.65 bits per heavy atom. The van der Waals surface area contributed by atoms with Crippen LogP contribution in [0.3, 0.4) is 0 Å². The fraction of sp³-hybridized carbons (Fsp3) is 0.300. The first kappa shape index (κ1) is 16.9. The quantitative estimate of drug-likeness (QED) is 0.717. The fourth-order valence-electron chi connectivity index (χ4n) is 2.42. The van der Waals surface area contributed by atoms with Crippen LogP contribution in [0.1, 0.15) is 52.6 Å². The van der Waals surface area contributed by atoms with Gasteiger partial charge in [-0.2, -0.15) is 0 Å². The fourth-order valence-corrected chi connectivity index (χ4v) is 2.42. The molecule has 2 aromatic rings. The number of hydrogen-bond donors (Lipinski definition) is 0. The minimum absolute atomic E-state index is 0.000411. The standard InChI is InChI=1S/C20H22O3/c1-4-15-6-7-16(5-2)19(12-15)20(22)13-23-18-10-8-17(9-11-18)14(3)21/h6-12H,4-5,13H2,1-3H3. The Balaban J connectivity index is 2.08. The average Bonchev–Trinajstić information content (AvgIpc) is 2.59. The Morgan fingerprint density at radius 3 is 2.22 bits per heavy atom. The maximum Gasteiger partial charge on any atom is 0.200 e. The van der Waals surface area contributed by atoms with Gasteiger partial charge in [0.25, 0.3) is 0 Å². The summed E-state index contributed by atoms with van der Waals surface area (Å²) in [6.07, 6.45) is 1.72. The molecule has 3 heteroatoms. The number of rotatable bonds is 7. The first-order valence-corrected chi connectivity index (χ1v) is 7.94. The average molecular weight is 310 g/mol. The third-order valence-corrected chi connectivity index (χ3v) is 3.89. The molecule has 3 nitrogen and oxygen atoms in total. The first-order valence-electron chi connectivity index (χ1n) is 7.94. The van der Waals surface area contributed by atoms with E-state index in [4.69, 9.17) is 4.74 Å². The van der Waals surface area contributed by atoms with Crippen molar-refractivity contribution in [2.45, 2.75) is 33.6 Å². The second-order valence-electron chi connectivity index (χ2n) is 5.49. The summed E-state index contributed by atoms with van der Waals surface area (Å²) < 4.78 is 5.57. The molecule has 0 fully saturated rings. The second kappa shape index (κ2) is 7.73. The van der Waals surface area contributed by atoms with Crippen LogP contribution >= 0.6 is 0 Å². The summed E-state index contributed by atoms with van der Waals surface area (Å²) in [7, 11) is 0. The highest BCUT2D eigenvalue weighted by atomic mass is 16.5. The van der Waals surface area contributed by atoms with Crippen LogP contribution < -0.4 is 4.74 Å². The van der Waals surface area contributed by atoms with Gasteiger partial charge in [-0.05, 0) is 61.2 Å². The van der Waals surface area contributed by atoms with Crippen LogP contribution in [-0.2, 0) is 12.8 Å². The Morgan fingerprint density at radius 1 is 0.957 bits per heavy atom. The van der Waals surface area contributed by atoms with Crippen molar-refractivity contribution in [1.82, 2.24) is 0 Å². The van der Waals surface area contributed by atoms with Gasteiger partial charge in [0, 0.05) is 11.1 Å². The van der Waals surface area contributed by atoms with E-state index in [0.717, 1.165) is 29.5 Å². The highest BCUT2D eigenvalue weighted by Gasteiger charge is 2.12. The lowest BCUT2D eigenvalue weighted by molar-refractivity contribution is 0.0919. The molecule has 0 aliphatic rings. The van der Waals surface area contributed by atoms with Gasteiger partial charge in [-0.15, -0.1) is 0 Å². The van der Waals surface area contributed by atoms with Crippen LogP contribution in [0.15, 0.2) is 42.5 Å². The lowest BCUT2D eigenvalue weighted by Crippen LogP contribution is -2.14. The molecule has 0 saturated carbocycles. The van der Waals surface area contributed by atoms with Gasteiger partial charge in [0.15, 0.2) is 18.2 Å². The van der Waals surface area contributed by atoms with E-state index in [9.17, 15) is 9.59 Å².